The van der Waals surface area contributed by atoms with Crippen molar-refractivity contribution in [2.24, 2.45) is 0 Å². The van der Waals surface area contributed by atoms with Crippen molar-refractivity contribution < 1.29 is 9.90 Å². The average Bonchev–Trinajstić information content (AvgIpc) is 2.74. The maximum Gasteiger partial charge on any atom is 0.328 e. The highest BCUT2D eigenvalue weighted by atomic mass is 16.4. The Morgan fingerprint density at radius 2 is 2.29 bits per heavy atom. The van der Waals surface area contributed by atoms with E-state index in [1.807, 2.05) is 13.0 Å². The minimum atomic E-state index is -1.03. The lowest BCUT2D eigenvalue weighted by atomic mass is 10.1. The first-order chi connectivity index (χ1) is 8.13. The Hall–Kier alpha value is -1.84. The largest absolute Gasteiger partial charge is 0.478 e. The Morgan fingerprint density at radius 3 is 2.94 bits per heavy atom. The fourth-order valence-electron chi connectivity index (χ4n) is 2.36. The zero-order chi connectivity index (χ0) is 12.4. The van der Waals surface area contributed by atoms with Gasteiger partial charge in [-0.1, -0.05) is 0 Å². The molecule has 1 aromatic rings. The van der Waals surface area contributed by atoms with E-state index in [0.717, 1.165) is 31.0 Å². The molecule has 0 aromatic carbocycles. The number of carboxylic acids is 1. The number of carbonyl (C=O) groups is 1. The van der Waals surface area contributed by atoms with Crippen LogP contribution in [0.5, 0.6) is 0 Å². The number of fused-ring (bicyclic) bond motifs is 1. The molecule has 2 rings (SSSR count). The number of carboxylic acid groups (broad SMARTS) is 1. The molecule has 4 heteroatoms. The molecule has 17 heavy (non-hydrogen) atoms. The quantitative estimate of drug-likeness (QED) is 0.804. The first kappa shape index (κ1) is 11.6. The fraction of sp³-hybridized carbons (Fsp3) is 0.385. The van der Waals surface area contributed by atoms with Crippen LogP contribution in [0.25, 0.3) is 6.08 Å². The molecule has 1 aliphatic carbocycles. The van der Waals surface area contributed by atoms with Gasteiger partial charge in [-0.15, -0.1) is 0 Å². The summed E-state index contributed by atoms with van der Waals surface area (Å²) < 4.78 is 1.75. The van der Waals surface area contributed by atoms with Gasteiger partial charge in [0, 0.05) is 23.9 Å². The SMILES string of the molecule is CCn1c2c(cc(/C=C/C(=O)O)c1=O)CCC2. The summed E-state index contributed by atoms with van der Waals surface area (Å²) in [4.78, 5) is 22.6. The van der Waals surface area contributed by atoms with Gasteiger partial charge >= 0.3 is 5.97 Å². The van der Waals surface area contributed by atoms with Crippen molar-refractivity contribution in [2.75, 3.05) is 0 Å². The van der Waals surface area contributed by atoms with Crippen LogP contribution < -0.4 is 5.56 Å². The van der Waals surface area contributed by atoms with Crippen LogP contribution in [0.3, 0.4) is 0 Å². The molecular formula is C13H15NO3. The Morgan fingerprint density at radius 1 is 1.53 bits per heavy atom. The van der Waals surface area contributed by atoms with E-state index in [9.17, 15) is 9.59 Å². The summed E-state index contributed by atoms with van der Waals surface area (Å²) in [6, 6.07) is 1.83. The lowest BCUT2D eigenvalue weighted by Gasteiger charge is -2.11. The molecular weight excluding hydrogens is 218 g/mol. The zero-order valence-electron chi connectivity index (χ0n) is 9.77. The van der Waals surface area contributed by atoms with Gasteiger partial charge in [-0.25, -0.2) is 4.79 Å². The summed E-state index contributed by atoms with van der Waals surface area (Å²) in [6.07, 6.45) is 5.39. The van der Waals surface area contributed by atoms with Crippen molar-refractivity contribution in [3.8, 4) is 0 Å². The third kappa shape index (κ3) is 2.16. The van der Waals surface area contributed by atoms with E-state index in [1.165, 1.54) is 11.6 Å². The maximum absolute atomic E-state index is 12.1. The highest BCUT2D eigenvalue weighted by molar-refractivity contribution is 5.85. The van der Waals surface area contributed by atoms with Gasteiger partial charge in [-0.2, -0.15) is 0 Å². The van der Waals surface area contributed by atoms with E-state index in [1.54, 1.807) is 4.57 Å². The van der Waals surface area contributed by atoms with Gasteiger partial charge in [0.05, 0.1) is 0 Å². The highest BCUT2D eigenvalue weighted by Gasteiger charge is 2.17. The molecule has 4 nitrogen and oxygen atoms in total. The number of nitrogens with zero attached hydrogens (tertiary/aromatic N) is 1. The summed E-state index contributed by atoms with van der Waals surface area (Å²) in [5.41, 5.74) is 2.67. The van der Waals surface area contributed by atoms with Crippen molar-refractivity contribution in [3.05, 3.63) is 39.3 Å². The van der Waals surface area contributed by atoms with Gasteiger partial charge in [0.25, 0.3) is 5.56 Å². The van der Waals surface area contributed by atoms with Crippen molar-refractivity contribution in [1.82, 2.24) is 4.57 Å². The van der Waals surface area contributed by atoms with E-state index >= 15 is 0 Å². The molecule has 0 atom stereocenters. The van der Waals surface area contributed by atoms with Gasteiger partial charge in [-0.3, -0.25) is 4.79 Å². The summed E-state index contributed by atoms with van der Waals surface area (Å²) in [7, 11) is 0. The molecule has 0 radical (unpaired) electrons. The third-order valence-corrected chi connectivity index (χ3v) is 3.10. The Kier molecular flexibility index (Phi) is 3.13. The third-order valence-electron chi connectivity index (χ3n) is 3.10. The molecule has 0 saturated heterocycles. The summed E-state index contributed by atoms with van der Waals surface area (Å²) in [5, 5.41) is 8.59. The minimum absolute atomic E-state index is 0.0920. The predicted molar refractivity (Wildman–Crippen MR) is 65.1 cm³/mol. The smallest absolute Gasteiger partial charge is 0.328 e. The number of hydrogen-bond donors (Lipinski definition) is 1. The Labute approximate surface area is 99.2 Å². The topological polar surface area (TPSA) is 59.3 Å². The molecule has 1 N–H and O–H groups in total. The van der Waals surface area contributed by atoms with Crippen LogP contribution in [-0.4, -0.2) is 15.6 Å². The molecule has 0 amide bonds. The first-order valence-electron chi connectivity index (χ1n) is 5.80. The van der Waals surface area contributed by atoms with Crippen molar-refractivity contribution in [2.45, 2.75) is 32.7 Å². The van der Waals surface area contributed by atoms with Crippen LogP contribution in [0.4, 0.5) is 0 Å². The van der Waals surface area contributed by atoms with Crippen molar-refractivity contribution in [1.29, 1.82) is 0 Å². The van der Waals surface area contributed by atoms with Gasteiger partial charge in [0.2, 0.25) is 0 Å². The van der Waals surface area contributed by atoms with Crippen LogP contribution in [0.15, 0.2) is 16.9 Å². The number of aromatic nitrogens is 1. The van der Waals surface area contributed by atoms with E-state index in [-0.39, 0.29) is 5.56 Å². The molecule has 0 spiro atoms. The summed E-state index contributed by atoms with van der Waals surface area (Å²) in [6.45, 7) is 2.57. The fourth-order valence-corrected chi connectivity index (χ4v) is 2.36. The number of aliphatic carboxylic acids is 1. The lowest BCUT2D eigenvalue weighted by molar-refractivity contribution is -0.131. The molecule has 0 aliphatic heterocycles. The molecule has 0 fully saturated rings. The molecule has 1 aliphatic rings. The summed E-state index contributed by atoms with van der Waals surface area (Å²) in [5.74, 6) is -1.03. The number of aryl methyl sites for hydroxylation is 1. The maximum atomic E-state index is 12.1. The first-order valence-corrected chi connectivity index (χ1v) is 5.80. The van der Waals surface area contributed by atoms with Crippen LogP contribution in [0.1, 0.15) is 30.2 Å². The van der Waals surface area contributed by atoms with E-state index in [4.69, 9.17) is 5.11 Å². The van der Waals surface area contributed by atoms with Crippen LogP contribution in [0, 0.1) is 0 Å². The van der Waals surface area contributed by atoms with Gasteiger partial charge in [0.1, 0.15) is 0 Å². The van der Waals surface area contributed by atoms with E-state index in [0.29, 0.717) is 12.1 Å². The van der Waals surface area contributed by atoms with Crippen LogP contribution in [0.2, 0.25) is 0 Å². The van der Waals surface area contributed by atoms with Gasteiger partial charge < -0.3 is 9.67 Å². The molecule has 1 heterocycles. The molecule has 0 bridgehead atoms. The summed E-state index contributed by atoms with van der Waals surface area (Å²) >= 11 is 0. The number of rotatable bonds is 3. The normalized spacial score (nSPS) is 14.2. The van der Waals surface area contributed by atoms with E-state index < -0.39 is 5.97 Å². The Balaban J connectivity index is 2.55. The number of pyridine rings is 1. The minimum Gasteiger partial charge on any atom is -0.478 e. The van der Waals surface area contributed by atoms with E-state index in [2.05, 4.69) is 0 Å². The molecule has 0 saturated carbocycles. The molecule has 90 valence electrons. The Bertz CT molecular complexity index is 540. The standard InChI is InChI=1S/C13H15NO3/c1-2-14-11-5-3-4-9(11)8-10(13(14)17)6-7-12(15)16/h6-8H,2-5H2,1H3,(H,15,16)/b7-6+. The second-order valence-corrected chi connectivity index (χ2v) is 4.15. The van der Waals surface area contributed by atoms with Gasteiger partial charge in [0.15, 0.2) is 0 Å². The van der Waals surface area contributed by atoms with Gasteiger partial charge in [-0.05, 0) is 43.9 Å². The highest BCUT2D eigenvalue weighted by Crippen LogP contribution is 2.21. The lowest BCUT2D eigenvalue weighted by Crippen LogP contribution is -2.24. The monoisotopic (exact) mass is 233 g/mol. The number of hydrogen-bond acceptors (Lipinski definition) is 2. The van der Waals surface area contributed by atoms with Crippen molar-refractivity contribution >= 4 is 12.0 Å². The van der Waals surface area contributed by atoms with Crippen LogP contribution >= 0.6 is 0 Å². The van der Waals surface area contributed by atoms with Crippen LogP contribution in [-0.2, 0) is 24.2 Å². The molecule has 1 aromatic heterocycles. The average molecular weight is 233 g/mol. The van der Waals surface area contributed by atoms with Crippen molar-refractivity contribution in [3.63, 3.8) is 0 Å². The zero-order valence-corrected chi connectivity index (χ0v) is 9.77. The second-order valence-electron chi connectivity index (χ2n) is 4.15. The second kappa shape index (κ2) is 4.57. The molecule has 0 unspecified atom stereocenters. The predicted octanol–water partition coefficient (Wildman–Crippen LogP) is 1.45.